The fourth-order valence-corrected chi connectivity index (χ4v) is 1.84. The Hall–Kier alpha value is -0.880. The summed E-state index contributed by atoms with van der Waals surface area (Å²) in [6, 6.07) is 3.84. The van der Waals surface area contributed by atoms with E-state index in [0.717, 1.165) is 5.76 Å². The lowest BCUT2D eigenvalue weighted by Gasteiger charge is -2.39. The number of likely N-dealkylation sites (N-methyl/N-ethyl adjacent to an activating group) is 1. The van der Waals surface area contributed by atoms with Crippen molar-refractivity contribution in [1.82, 2.24) is 4.90 Å². The second-order valence-corrected chi connectivity index (χ2v) is 4.74. The minimum Gasteiger partial charge on any atom is -0.468 e. The van der Waals surface area contributed by atoms with Crippen LogP contribution in [0.2, 0.25) is 0 Å². The highest BCUT2D eigenvalue weighted by atomic mass is 16.7. The van der Waals surface area contributed by atoms with E-state index in [1.165, 1.54) is 0 Å². The van der Waals surface area contributed by atoms with Crippen LogP contribution >= 0.6 is 0 Å². The SMILES string of the molecule is COC(CC(C)(CN)N(C)Cc1ccco1)OC. The third kappa shape index (κ3) is 3.81. The Labute approximate surface area is 109 Å². The number of rotatable bonds is 8. The zero-order valence-corrected chi connectivity index (χ0v) is 11.7. The normalized spacial score (nSPS) is 15.3. The van der Waals surface area contributed by atoms with Gasteiger partial charge in [-0.3, -0.25) is 4.90 Å². The van der Waals surface area contributed by atoms with Gasteiger partial charge in [0.1, 0.15) is 5.76 Å². The smallest absolute Gasteiger partial charge is 0.158 e. The molecule has 1 rings (SSSR count). The predicted molar refractivity (Wildman–Crippen MR) is 70.1 cm³/mol. The van der Waals surface area contributed by atoms with E-state index < -0.39 is 0 Å². The van der Waals surface area contributed by atoms with Gasteiger partial charge in [0.25, 0.3) is 0 Å². The summed E-state index contributed by atoms with van der Waals surface area (Å²) >= 11 is 0. The second-order valence-electron chi connectivity index (χ2n) is 4.74. The van der Waals surface area contributed by atoms with Crippen molar-refractivity contribution in [3.8, 4) is 0 Å². The number of nitrogens with zero attached hydrogens (tertiary/aromatic N) is 1. The molecule has 1 atom stereocenters. The van der Waals surface area contributed by atoms with Crippen molar-refractivity contribution < 1.29 is 13.9 Å². The summed E-state index contributed by atoms with van der Waals surface area (Å²) in [5.41, 5.74) is 5.71. The van der Waals surface area contributed by atoms with Gasteiger partial charge in [0.15, 0.2) is 6.29 Å². The Bertz CT molecular complexity index is 325. The molecule has 0 radical (unpaired) electrons. The van der Waals surface area contributed by atoms with Crippen LogP contribution in [0.1, 0.15) is 19.1 Å². The quantitative estimate of drug-likeness (QED) is 0.713. The Morgan fingerprint density at radius 2 is 2.11 bits per heavy atom. The zero-order chi connectivity index (χ0) is 13.6. The third-order valence-electron chi connectivity index (χ3n) is 3.47. The van der Waals surface area contributed by atoms with Crippen LogP contribution in [0, 0.1) is 0 Å². The fourth-order valence-electron chi connectivity index (χ4n) is 1.84. The molecule has 0 aliphatic rings. The topological polar surface area (TPSA) is 60.9 Å². The van der Waals surface area contributed by atoms with Gasteiger partial charge in [0.05, 0.1) is 12.8 Å². The summed E-state index contributed by atoms with van der Waals surface area (Å²) in [7, 11) is 5.30. The lowest BCUT2D eigenvalue weighted by Crippen LogP contribution is -2.51. The first-order valence-corrected chi connectivity index (χ1v) is 6.05. The van der Waals surface area contributed by atoms with Crippen LogP contribution in [0.5, 0.6) is 0 Å². The van der Waals surface area contributed by atoms with E-state index in [-0.39, 0.29) is 11.8 Å². The van der Waals surface area contributed by atoms with Crippen LogP contribution < -0.4 is 5.73 Å². The molecule has 0 aromatic carbocycles. The molecule has 0 aliphatic carbocycles. The van der Waals surface area contributed by atoms with Crippen molar-refractivity contribution >= 4 is 0 Å². The number of hydrogen-bond donors (Lipinski definition) is 1. The van der Waals surface area contributed by atoms with Crippen LogP contribution in [0.3, 0.4) is 0 Å². The molecule has 2 N–H and O–H groups in total. The highest BCUT2D eigenvalue weighted by Gasteiger charge is 2.31. The number of methoxy groups -OCH3 is 2. The standard InChI is InChI=1S/C13H24N2O3/c1-13(10-14,8-12(16-3)17-4)15(2)9-11-6-5-7-18-11/h5-7,12H,8-10,14H2,1-4H3. The molecule has 1 unspecified atom stereocenters. The molecule has 1 heterocycles. The van der Waals surface area contributed by atoms with Crippen molar-refractivity contribution in [2.24, 2.45) is 5.73 Å². The molecule has 0 fully saturated rings. The minimum atomic E-state index is -0.252. The Kier molecular flexibility index (Phi) is 5.81. The van der Waals surface area contributed by atoms with Crippen LogP contribution in [0.4, 0.5) is 0 Å². The fraction of sp³-hybridized carbons (Fsp3) is 0.692. The molecule has 0 saturated heterocycles. The molecule has 18 heavy (non-hydrogen) atoms. The van der Waals surface area contributed by atoms with Gasteiger partial charge >= 0.3 is 0 Å². The minimum absolute atomic E-state index is 0.205. The average Bonchev–Trinajstić information content (AvgIpc) is 2.88. The van der Waals surface area contributed by atoms with Gasteiger partial charge in [-0.1, -0.05) is 0 Å². The maximum Gasteiger partial charge on any atom is 0.158 e. The summed E-state index contributed by atoms with van der Waals surface area (Å²) in [6.45, 7) is 3.33. The van der Waals surface area contributed by atoms with Crippen molar-refractivity contribution in [3.63, 3.8) is 0 Å². The second kappa shape index (κ2) is 6.89. The summed E-state index contributed by atoms with van der Waals surface area (Å²) < 4.78 is 15.9. The highest BCUT2D eigenvalue weighted by Crippen LogP contribution is 2.22. The van der Waals surface area contributed by atoms with Gasteiger partial charge in [0.2, 0.25) is 0 Å². The molecule has 0 saturated carbocycles. The molecule has 0 aliphatic heterocycles. The molecule has 104 valence electrons. The van der Waals surface area contributed by atoms with Crippen molar-refractivity contribution in [1.29, 1.82) is 0 Å². The lowest BCUT2D eigenvalue weighted by molar-refractivity contribution is -0.127. The van der Waals surface area contributed by atoms with Crippen molar-refractivity contribution in [2.75, 3.05) is 27.8 Å². The van der Waals surface area contributed by atoms with Gasteiger partial charge < -0.3 is 19.6 Å². The van der Waals surface area contributed by atoms with E-state index in [4.69, 9.17) is 19.6 Å². The maximum atomic E-state index is 5.91. The summed E-state index contributed by atoms with van der Waals surface area (Å²) in [4.78, 5) is 2.16. The largest absolute Gasteiger partial charge is 0.468 e. The van der Waals surface area contributed by atoms with E-state index in [1.54, 1.807) is 20.5 Å². The van der Waals surface area contributed by atoms with Crippen molar-refractivity contribution in [3.05, 3.63) is 24.2 Å². The zero-order valence-electron chi connectivity index (χ0n) is 11.7. The van der Waals surface area contributed by atoms with E-state index >= 15 is 0 Å². The monoisotopic (exact) mass is 256 g/mol. The predicted octanol–water partition coefficient (Wildman–Crippen LogP) is 1.44. The van der Waals surface area contributed by atoms with Gasteiger partial charge in [-0.25, -0.2) is 0 Å². The van der Waals surface area contributed by atoms with Crippen LogP contribution in [-0.2, 0) is 16.0 Å². The molecule has 0 amide bonds. The Morgan fingerprint density at radius 1 is 1.44 bits per heavy atom. The summed E-state index contributed by atoms with van der Waals surface area (Å²) in [5.74, 6) is 0.920. The first-order valence-electron chi connectivity index (χ1n) is 6.05. The number of nitrogens with two attached hydrogens (primary N) is 1. The molecule has 1 aromatic rings. The summed E-state index contributed by atoms with van der Waals surface area (Å²) in [6.07, 6.45) is 2.13. The van der Waals surface area contributed by atoms with Crippen LogP contribution in [-0.4, -0.2) is 44.5 Å². The molecular weight excluding hydrogens is 232 g/mol. The van der Waals surface area contributed by atoms with E-state index in [0.29, 0.717) is 19.5 Å². The lowest BCUT2D eigenvalue weighted by atomic mass is 9.95. The van der Waals surface area contributed by atoms with E-state index in [1.807, 2.05) is 19.2 Å². The maximum absolute atomic E-state index is 5.91. The molecule has 5 heteroatoms. The highest BCUT2D eigenvalue weighted by molar-refractivity contribution is 4.99. The first kappa shape index (κ1) is 15.2. The third-order valence-corrected chi connectivity index (χ3v) is 3.47. The number of furan rings is 1. The van der Waals surface area contributed by atoms with E-state index in [9.17, 15) is 0 Å². The number of hydrogen-bond acceptors (Lipinski definition) is 5. The van der Waals surface area contributed by atoms with Crippen LogP contribution in [0.25, 0.3) is 0 Å². The van der Waals surface area contributed by atoms with E-state index in [2.05, 4.69) is 11.8 Å². The van der Waals surface area contributed by atoms with Gasteiger partial charge in [0, 0.05) is 32.7 Å². The Morgan fingerprint density at radius 3 is 2.56 bits per heavy atom. The molecule has 0 spiro atoms. The summed E-state index contributed by atoms with van der Waals surface area (Å²) in [5, 5.41) is 0. The molecule has 5 nitrogen and oxygen atoms in total. The van der Waals surface area contributed by atoms with Crippen molar-refractivity contribution in [2.45, 2.75) is 31.7 Å². The van der Waals surface area contributed by atoms with Gasteiger partial charge in [-0.05, 0) is 26.1 Å². The molecule has 0 bridgehead atoms. The van der Waals surface area contributed by atoms with Gasteiger partial charge in [-0.15, -0.1) is 0 Å². The number of ether oxygens (including phenoxy) is 2. The average molecular weight is 256 g/mol. The van der Waals surface area contributed by atoms with Crippen LogP contribution in [0.15, 0.2) is 22.8 Å². The molecule has 1 aromatic heterocycles. The Balaban J connectivity index is 2.67. The van der Waals surface area contributed by atoms with Gasteiger partial charge in [-0.2, -0.15) is 0 Å². The molecular formula is C13H24N2O3. The first-order chi connectivity index (χ1) is 8.55.